The Bertz CT molecular complexity index is 576. The molecule has 1 aromatic carbocycles. The monoisotopic (exact) mass is 292 g/mol. The van der Waals surface area contributed by atoms with E-state index in [1.54, 1.807) is 25.6 Å². The molecule has 2 N–H and O–H groups in total. The van der Waals surface area contributed by atoms with Crippen molar-refractivity contribution in [3.63, 3.8) is 0 Å². The fourth-order valence-electron chi connectivity index (χ4n) is 2.05. The van der Waals surface area contributed by atoms with E-state index in [1.807, 2.05) is 25.1 Å². The van der Waals surface area contributed by atoms with Gasteiger partial charge in [-0.15, -0.1) is 11.3 Å². The number of thiazole rings is 1. The van der Waals surface area contributed by atoms with Gasteiger partial charge >= 0.3 is 0 Å². The molecule has 0 aliphatic carbocycles. The van der Waals surface area contributed by atoms with Crippen molar-refractivity contribution in [1.82, 2.24) is 4.98 Å². The number of benzene rings is 1. The first-order chi connectivity index (χ1) is 9.55. The van der Waals surface area contributed by atoms with E-state index < -0.39 is 0 Å². The molecule has 1 heterocycles. The van der Waals surface area contributed by atoms with Gasteiger partial charge in [0.05, 0.1) is 24.9 Å². The summed E-state index contributed by atoms with van der Waals surface area (Å²) < 4.78 is 10.6. The maximum atomic E-state index is 6.32. The molecule has 1 unspecified atom stereocenters. The van der Waals surface area contributed by atoms with Crippen LogP contribution in [0.2, 0.25) is 0 Å². The van der Waals surface area contributed by atoms with E-state index in [-0.39, 0.29) is 6.04 Å². The van der Waals surface area contributed by atoms with Crippen molar-refractivity contribution in [2.45, 2.75) is 26.3 Å². The Balaban J connectivity index is 2.25. The van der Waals surface area contributed by atoms with Crippen LogP contribution in [-0.2, 0) is 6.42 Å². The highest BCUT2D eigenvalue weighted by Gasteiger charge is 2.16. The number of aryl methyl sites for hydroxylation is 2. The van der Waals surface area contributed by atoms with Gasteiger partial charge in [0.25, 0.3) is 0 Å². The Morgan fingerprint density at radius 3 is 2.55 bits per heavy atom. The number of nitrogens with zero attached hydrogens (tertiary/aromatic N) is 1. The summed E-state index contributed by atoms with van der Waals surface area (Å²) >= 11 is 1.70. The molecular weight excluding hydrogens is 272 g/mol. The zero-order chi connectivity index (χ0) is 14.7. The molecule has 2 aromatic rings. The van der Waals surface area contributed by atoms with Crippen molar-refractivity contribution in [3.8, 4) is 11.5 Å². The molecule has 1 aromatic heterocycles. The molecule has 20 heavy (non-hydrogen) atoms. The Morgan fingerprint density at radius 2 is 2.00 bits per heavy atom. The van der Waals surface area contributed by atoms with Crippen LogP contribution >= 0.6 is 11.3 Å². The lowest BCUT2D eigenvalue weighted by molar-refractivity contribution is 0.395. The first-order valence-corrected chi connectivity index (χ1v) is 7.27. The van der Waals surface area contributed by atoms with Crippen LogP contribution in [0.4, 0.5) is 0 Å². The van der Waals surface area contributed by atoms with E-state index in [0.29, 0.717) is 6.42 Å². The highest BCUT2D eigenvalue weighted by molar-refractivity contribution is 7.11. The lowest BCUT2D eigenvalue weighted by Crippen LogP contribution is -2.14. The van der Waals surface area contributed by atoms with Crippen molar-refractivity contribution in [3.05, 3.63) is 39.3 Å². The van der Waals surface area contributed by atoms with Crippen LogP contribution in [0.1, 0.15) is 27.2 Å². The number of methoxy groups -OCH3 is 2. The predicted octanol–water partition coefficient (Wildman–Crippen LogP) is 3.02. The molecule has 0 bridgehead atoms. The fraction of sp³-hybridized carbons (Fsp3) is 0.400. The Kier molecular flexibility index (Phi) is 4.62. The van der Waals surface area contributed by atoms with Gasteiger partial charge in [0.1, 0.15) is 11.5 Å². The number of rotatable bonds is 5. The van der Waals surface area contributed by atoms with Gasteiger partial charge in [-0.3, -0.25) is 0 Å². The summed E-state index contributed by atoms with van der Waals surface area (Å²) in [5.74, 6) is 1.56. The summed E-state index contributed by atoms with van der Waals surface area (Å²) in [6, 6.07) is 5.51. The van der Waals surface area contributed by atoms with Gasteiger partial charge in [0.15, 0.2) is 0 Å². The van der Waals surface area contributed by atoms with Gasteiger partial charge in [-0.05, 0) is 32.0 Å². The molecule has 0 saturated heterocycles. The predicted molar refractivity (Wildman–Crippen MR) is 81.8 cm³/mol. The van der Waals surface area contributed by atoms with Gasteiger partial charge in [-0.1, -0.05) is 0 Å². The summed E-state index contributed by atoms with van der Waals surface area (Å²) in [5.41, 5.74) is 8.34. The number of nitrogens with two attached hydrogens (primary N) is 1. The number of ether oxygens (including phenoxy) is 2. The largest absolute Gasteiger partial charge is 0.497 e. The quantitative estimate of drug-likeness (QED) is 0.920. The minimum Gasteiger partial charge on any atom is -0.497 e. The summed E-state index contributed by atoms with van der Waals surface area (Å²) in [5, 5.41) is 1.05. The van der Waals surface area contributed by atoms with E-state index in [9.17, 15) is 0 Å². The molecule has 4 nitrogen and oxygen atoms in total. The SMILES string of the molecule is COc1ccc(OC)c(C(N)Cc2nc(C)c(C)s2)c1. The first kappa shape index (κ1) is 14.8. The summed E-state index contributed by atoms with van der Waals surface area (Å²) in [6.07, 6.45) is 0.697. The average Bonchev–Trinajstić information content (AvgIpc) is 2.76. The molecular formula is C15H20N2O2S. The second kappa shape index (κ2) is 6.24. The fourth-order valence-corrected chi connectivity index (χ4v) is 3.05. The first-order valence-electron chi connectivity index (χ1n) is 6.45. The van der Waals surface area contributed by atoms with Crippen LogP contribution < -0.4 is 15.2 Å². The third-order valence-electron chi connectivity index (χ3n) is 3.30. The zero-order valence-corrected chi connectivity index (χ0v) is 13.1. The van der Waals surface area contributed by atoms with Crippen LogP contribution in [0.3, 0.4) is 0 Å². The Hall–Kier alpha value is -1.59. The van der Waals surface area contributed by atoms with Crippen molar-refractivity contribution >= 4 is 11.3 Å². The molecule has 0 radical (unpaired) electrons. The van der Waals surface area contributed by atoms with Crippen molar-refractivity contribution < 1.29 is 9.47 Å². The van der Waals surface area contributed by atoms with Crippen LogP contribution in [-0.4, -0.2) is 19.2 Å². The molecule has 108 valence electrons. The molecule has 0 fully saturated rings. The minimum absolute atomic E-state index is 0.162. The minimum atomic E-state index is -0.162. The lowest BCUT2D eigenvalue weighted by atomic mass is 10.0. The number of hydrogen-bond donors (Lipinski definition) is 1. The summed E-state index contributed by atoms with van der Waals surface area (Å²) in [4.78, 5) is 5.78. The molecule has 1 atom stereocenters. The maximum absolute atomic E-state index is 6.32. The average molecular weight is 292 g/mol. The summed E-state index contributed by atoms with van der Waals surface area (Å²) in [7, 11) is 3.29. The van der Waals surface area contributed by atoms with Crippen molar-refractivity contribution in [1.29, 1.82) is 0 Å². The molecule has 0 saturated carbocycles. The number of aromatic nitrogens is 1. The van der Waals surface area contributed by atoms with Crippen LogP contribution in [0.25, 0.3) is 0 Å². The topological polar surface area (TPSA) is 57.4 Å². The third-order valence-corrected chi connectivity index (χ3v) is 4.40. The second-order valence-corrected chi connectivity index (χ2v) is 5.96. The van der Waals surface area contributed by atoms with Crippen LogP contribution in [0, 0.1) is 13.8 Å². The van der Waals surface area contributed by atoms with E-state index in [1.165, 1.54) is 4.88 Å². The molecule has 5 heteroatoms. The number of hydrogen-bond acceptors (Lipinski definition) is 5. The van der Waals surface area contributed by atoms with Gasteiger partial charge in [0, 0.05) is 22.9 Å². The summed E-state index contributed by atoms with van der Waals surface area (Å²) in [6.45, 7) is 4.10. The highest BCUT2D eigenvalue weighted by Crippen LogP contribution is 2.31. The van der Waals surface area contributed by atoms with Gasteiger partial charge in [0.2, 0.25) is 0 Å². The van der Waals surface area contributed by atoms with Crippen LogP contribution in [0.5, 0.6) is 11.5 Å². The van der Waals surface area contributed by atoms with E-state index in [0.717, 1.165) is 27.8 Å². The van der Waals surface area contributed by atoms with Gasteiger partial charge in [-0.2, -0.15) is 0 Å². The standard InChI is InChI=1S/C15H20N2O2S/c1-9-10(2)20-15(17-9)8-13(16)12-7-11(18-3)5-6-14(12)19-4/h5-7,13H,8,16H2,1-4H3. The molecule has 0 spiro atoms. The molecule has 0 aliphatic rings. The van der Waals surface area contributed by atoms with Crippen molar-refractivity contribution in [2.24, 2.45) is 5.73 Å². The maximum Gasteiger partial charge on any atom is 0.123 e. The molecule has 0 amide bonds. The van der Waals surface area contributed by atoms with Gasteiger partial charge < -0.3 is 15.2 Å². The second-order valence-electron chi connectivity index (χ2n) is 4.67. The highest BCUT2D eigenvalue weighted by atomic mass is 32.1. The lowest BCUT2D eigenvalue weighted by Gasteiger charge is -2.15. The zero-order valence-electron chi connectivity index (χ0n) is 12.3. The van der Waals surface area contributed by atoms with E-state index in [4.69, 9.17) is 15.2 Å². The third kappa shape index (κ3) is 3.11. The molecule has 2 rings (SSSR count). The van der Waals surface area contributed by atoms with Crippen molar-refractivity contribution in [2.75, 3.05) is 14.2 Å². The van der Waals surface area contributed by atoms with Gasteiger partial charge in [-0.25, -0.2) is 4.98 Å². The molecule has 0 aliphatic heterocycles. The Labute approximate surface area is 123 Å². The smallest absolute Gasteiger partial charge is 0.123 e. The van der Waals surface area contributed by atoms with Crippen LogP contribution in [0.15, 0.2) is 18.2 Å². The Morgan fingerprint density at radius 1 is 1.25 bits per heavy atom. The normalized spacial score (nSPS) is 12.2. The van der Waals surface area contributed by atoms with E-state index >= 15 is 0 Å². The van der Waals surface area contributed by atoms with E-state index in [2.05, 4.69) is 11.9 Å².